The van der Waals surface area contributed by atoms with E-state index in [0.717, 1.165) is 58.3 Å². The lowest BCUT2D eigenvalue weighted by Gasteiger charge is -2.34. The van der Waals surface area contributed by atoms with Crippen molar-refractivity contribution in [2.24, 2.45) is 10.9 Å². The second-order valence-corrected chi connectivity index (χ2v) is 7.42. The highest BCUT2D eigenvalue weighted by molar-refractivity contribution is 5.80. The smallest absolute Gasteiger partial charge is 0.222 e. The van der Waals surface area contributed by atoms with Crippen LogP contribution in [0, 0.1) is 5.92 Å². The van der Waals surface area contributed by atoms with Crippen LogP contribution < -0.4 is 10.6 Å². The Labute approximate surface area is 152 Å². The van der Waals surface area contributed by atoms with E-state index in [1.165, 1.54) is 0 Å². The zero-order valence-corrected chi connectivity index (χ0v) is 16.3. The van der Waals surface area contributed by atoms with E-state index in [0.29, 0.717) is 12.3 Å². The van der Waals surface area contributed by atoms with Gasteiger partial charge in [0.15, 0.2) is 5.96 Å². The second kappa shape index (κ2) is 9.97. The molecule has 0 bridgehead atoms. The van der Waals surface area contributed by atoms with Crippen molar-refractivity contribution in [2.75, 3.05) is 52.9 Å². The van der Waals surface area contributed by atoms with E-state index in [-0.39, 0.29) is 18.1 Å². The lowest BCUT2D eigenvalue weighted by molar-refractivity contribution is -0.129. The first kappa shape index (κ1) is 20.0. The number of amides is 1. The standard InChI is InChI=1S/C18H35N5O2/c1-5-17(24)23-7-6-15(12-23)21-18(19-4)20-10-16-13-22(8-9-25-16)11-14(2)3/h14-16H,5-13H2,1-4H3,(H2,19,20,21). The van der Waals surface area contributed by atoms with Crippen LogP contribution in [-0.2, 0) is 9.53 Å². The summed E-state index contributed by atoms with van der Waals surface area (Å²) < 4.78 is 5.88. The number of nitrogens with one attached hydrogen (secondary N) is 2. The summed E-state index contributed by atoms with van der Waals surface area (Å²) in [5.41, 5.74) is 0. The third kappa shape index (κ3) is 6.47. The first-order valence-electron chi connectivity index (χ1n) is 9.60. The highest BCUT2D eigenvalue weighted by atomic mass is 16.5. The molecule has 0 radical (unpaired) electrons. The number of rotatable bonds is 6. The molecule has 7 nitrogen and oxygen atoms in total. The average molecular weight is 354 g/mol. The monoisotopic (exact) mass is 353 g/mol. The Kier molecular flexibility index (Phi) is 7.96. The molecule has 2 N–H and O–H groups in total. The lowest BCUT2D eigenvalue weighted by atomic mass is 10.2. The molecule has 0 spiro atoms. The number of morpholine rings is 1. The minimum atomic E-state index is 0.188. The average Bonchev–Trinajstić information content (AvgIpc) is 3.06. The van der Waals surface area contributed by atoms with Gasteiger partial charge in [-0.05, 0) is 12.3 Å². The third-order valence-electron chi connectivity index (χ3n) is 4.75. The number of carbonyl (C=O) groups excluding carboxylic acids is 1. The predicted molar refractivity (Wildman–Crippen MR) is 101 cm³/mol. The van der Waals surface area contributed by atoms with E-state index in [1.54, 1.807) is 7.05 Å². The number of nitrogens with zero attached hydrogens (tertiary/aromatic N) is 3. The Morgan fingerprint density at radius 2 is 2.12 bits per heavy atom. The van der Waals surface area contributed by atoms with E-state index in [1.807, 2.05) is 11.8 Å². The summed E-state index contributed by atoms with van der Waals surface area (Å²) in [5.74, 6) is 1.70. The second-order valence-electron chi connectivity index (χ2n) is 7.42. The van der Waals surface area contributed by atoms with Gasteiger partial charge in [0.25, 0.3) is 0 Å². The van der Waals surface area contributed by atoms with Crippen molar-refractivity contribution in [3.63, 3.8) is 0 Å². The molecule has 2 aliphatic rings. The number of ether oxygens (including phenoxy) is 1. The van der Waals surface area contributed by atoms with Crippen LogP contribution in [0.25, 0.3) is 0 Å². The van der Waals surface area contributed by atoms with Gasteiger partial charge in [0.1, 0.15) is 0 Å². The summed E-state index contributed by atoms with van der Waals surface area (Å²) in [6.45, 7) is 12.7. The van der Waals surface area contributed by atoms with E-state index in [2.05, 4.69) is 34.4 Å². The van der Waals surface area contributed by atoms with Gasteiger partial charge in [-0.15, -0.1) is 0 Å². The van der Waals surface area contributed by atoms with Crippen molar-refractivity contribution in [2.45, 2.75) is 45.8 Å². The maximum absolute atomic E-state index is 11.8. The van der Waals surface area contributed by atoms with Crippen LogP contribution in [-0.4, -0.2) is 86.7 Å². The molecule has 7 heteroatoms. The molecular formula is C18H35N5O2. The summed E-state index contributed by atoms with van der Waals surface area (Å²) in [6.07, 6.45) is 1.73. The van der Waals surface area contributed by atoms with Gasteiger partial charge in [-0.2, -0.15) is 0 Å². The summed E-state index contributed by atoms with van der Waals surface area (Å²) in [4.78, 5) is 20.5. The van der Waals surface area contributed by atoms with Crippen LogP contribution >= 0.6 is 0 Å². The molecule has 2 atom stereocenters. The number of guanidine groups is 1. The van der Waals surface area contributed by atoms with Gasteiger partial charge in [0.2, 0.25) is 5.91 Å². The Hall–Kier alpha value is -1.34. The minimum Gasteiger partial charge on any atom is -0.374 e. The molecule has 2 rings (SSSR count). The van der Waals surface area contributed by atoms with Gasteiger partial charge in [-0.1, -0.05) is 20.8 Å². The van der Waals surface area contributed by atoms with Crippen LogP contribution in [0.2, 0.25) is 0 Å². The fraction of sp³-hybridized carbons (Fsp3) is 0.889. The van der Waals surface area contributed by atoms with Crippen LogP contribution in [0.4, 0.5) is 0 Å². The first-order chi connectivity index (χ1) is 12.0. The first-order valence-corrected chi connectivity index (χ1v) is 9.60. The summed E-state index contributed by atoms with van der Waals surface area (Å²) in [7, 11) is 1.78. The van der Waals surface area contributed by atoms with Gasteiger partial charge in [0.05, 0.1) is 12.7 Å². The molecular weight excluding hydrogens is 318 g/mol. The van der Waals surface area contributed by atoms with Crippen LogP contribution in [0.3, 0.4) is 0 Å². The summed E-state index contributed by atoms with van der Waals surface area (Å²) in [6, 6.07) is 0.270. The molecule has 2 saturated heterocycles. The van der Waals surface area contributed by atoms with Crippen molar-refractivity contribution in [1.29, 1.82) is 0 Å². The highest BCUT2D eigenvalue weighted by Gasteiger charge is 2.26. The van der Waals surface area contributed by atoms with Crippen LogP contribution in [0.15, 0.2) is 4.99 Å². The normalized spacial score (nSPS) is 25.5. The molecule has 2 aliphatic heterocycles. The highest BCUT2D eigenvalue weighted by Crippen LogP contribution is 2.11. The molecule has 2 heterocycles. The molecule has 0 aromatic rings. The maximum Gasteiger partial charge on any atom is 0.222 e. The molecule has 2 fully saturated rings. The topological polar surface area (TPSA) is 69.2 Å². The Morgan fingerprint density at radius 1 is 1.32 bits per heavy atom. The molecule has 25 heavy (non-hydrogen) atoms. The summed E-state index contributed by atoms with van der Waals surface area (Å²) >= 11 is 0. The van der Waals surface area contributed by atoms with Gasteiger partial charge in [-0.25, -0.2) is 0 Å². The van der Waals surface area contributed by atoms with E-state index in [4.69, 9.17) is 4.74 Å². The molecule has 0 aromatic carbocycles. The molecule has 0 aliphatic carbocycles. The molecule has 144 valence electrons. The van der Waals surface area contributed by atoms with Crippen molar-refractivity contribution < 1.29 is 9.53 Å². The number of hydrogen-bond donors (Lipinski definition) is 2. The van der Waals surface area contributed by atoms with Crippen LogP contribution in [0.1, 0.15) is 33.6 Å². The third-order valence-corrected chi connectivity index (χ3v) is 4.75. The van der Waals surface area contributed by atoms with Crippen LogP contribution in [0.5, 0.6) is 0 Å². The van der Waals surface area contributed by atoms with E-state index >= 15 is 0 Å². The van der Waals surface area contributed by atoms with Gasteiger partial charge < -0.3 is 20.3 Å². The lowest BCUT2D eigenvalue weighted by Crippen LogP contribution is -2.51. The Bertz CT molecular complexity index is 455. The molecule has 2 unspecified atom stereocenters. The van der Waals surface area contributed by atoms with Gasteiger partial charge >= 0.3 is 0 Å². The minimum absolute atomic E-state index is 0.188. The number of aliphatic imine (C=N–C) groups is 1. The van der Waals surface area contributed by atoms with Gasteiger partial charge in [0, 0.05) is 58.8 Å². The van der Waals surface area contributed by atoms with Crippen molar-refractivity contribution in [3.05, 3.63) is 0 Å². The van der Waals surface area contributed by atoms with E-state index < -0.39 is 0 Å². The zero-order chi connectivity index (χ0) is 18.2. The molecule has 0 aromatic heterocycles. The predicted octanol–water partition coefficient (Wildman–Crippen LogP) is 0.519. The van der Waals surface area contributed by atoms with Crippen molar-refractivity contribution in [3.8, 4) is 0 Å². The SMILES string of the molecule is CCC(=O)N1CCC(NC(=NC)NCC2CN(CC(C)C)CCO2)C1. The summed E-state index contributed by atoms with van der Waals surface area (Å²) in [5, 5.41) is 6.82. The number of hydrogen-bond acceptors (Lipinski definition) is 4. The van der Waals surface area contributed by atoms with Crippen molar-refractivity contribution >= 4 is 11.9 Å². The Balaban J connectivity index is 1.72. The number of carbonyl (C=O) groups is 1. The maximum atomic E-state index is 11.8. The Morgan fingerprint density at radius 3 is 2.80 bits per heavy atom. The van der Waals surface area contributed by atoms with Crippen molar-refractivity contribution in [1.82, 2.24) is 20.4 Å². The van der Waals surface area contributed by atoms with Gasteiger partial charge in [-0.3, -0.25) is 14.7 Å². The number of likely N-dealkylation sites (tertiary alicyclic amines) is 1. The zero-order valence-electron chi connectivity index (χ0n) is 16.3. The van der Waals surface area contributed by atoms with E-state index in [9.17, 15) is 4.79 Å². The largest absolute Gasteiger partial charge is 0.374 e. The quantitative estimate of drug-likeness (QED) is 0.538. The fourth-order valence-electron chi connectivity index (χ4n) is 3.51. The molecule has 1 amide bonds. The molecule has 0 saturated carbocycles. The fourth-order valence-corrected chi connectivity index (χ4v) is 3.51.